The van der Waals surface area contributed by atoms with Crippen LogP contribution in [0.3, 0.4) is 0 Å². The zero-order chi connectivity index (χ0) is 20.7. The first kappa shape index (κ1) is 21.5. The zero-order valence-corrected chi connectivity index (χ0v) is 16.8. The third-order valence-electron chi connectivity index (χ3n) is 3.95. The smallest absolute Gasteiger partial charge is 0.232 e. The molecule has 2 aromatic carbocycles. The van der Waals surface area contributed by atoms with Crippen LogP contribution in [0.4, 0.5) is 15.8 Å². The molecule has 7 nitrogen and oxygen atoms in total. The number of amides is 1. The van der Waals surface area contributed by atoms with Crippen LogP contribution in [0.2, 0.25) is 0 Å². The summed E-state index contributed by atoms with van der Waals surface area (Å²) in [7, 11) is -0.538. The van der Waals surface area contributed by atoms with Gasteiger partial charge in [-0.15, -0.1) is 0 Å². The molecule has 0 aliphatic carbocycles. The third kappa shape index (κ3) is 5.85. The summed E-state index contributed by atoms with van der Waals surface area (Å²) < 4.78 is 48.6. The van der Waals surface area contributed by atoms with Crippen molar-refractivity contribution in [2.45, 2.75) is 12.8 Å². The lowest BCUT2D eigenvalue weighted by Gasteiger charge is -2.22. The van der Waals surface area contributed by atoms with Crippen molar-refractivity contribution in [1.82, 2.24) is 0 Å². The van der Waals surface area contributed by atoms with Gasteiger partial charge in [-0.2, -0.15) is 0 Å². The average molecular weight is 410 g/mol. The van der Waals surface area contributed by atoms with Crippen LogP contribution in [-0.2, 0) is 14.8 Å². The van der Waals surface area contributed by atoms with E-state index < -0.39 is 15.8 Å². The summed E-state index contributed by atoms with van der Waals surface area (Å²) in [5.74, 6) is 0.315. The molecule has 0 saturated carbocycles. The lowest BCUT2D eigenvalue weighted by Crippen LogP contribution is -2.31. The van der Waals surface area contributed by atoms with Crippen LogP contribution in [0.15, 0.2) is 42.5 Å². The van der Waals surface area contributed by atoms with Crippen LogP contribution in [0.1, 0.15) is 12.8 Å². The maximum absolute atomic E-state index is 13.1. The van der Waals surface area contributed by atoms with E-state index in [1.807, 2.05) is 0 Å². The molecule has 152 valence electrons. The molecule has 0 aliphatic heterocycles. The summed E-state index contributed by atoms with van der Waals surface area (Å²) in [4.78, 5) is 12.2. The number of benzene rings is 2. The Morgan fingerprint density at radius 1 is 1.07 bits per heavy atom. The third-order valence-corrected chi connectivity index (χ3v) is 5.14. The fraction of sp³-hybridized carbons (Fsp3) is 0.316. The fourth-order valence-electron chi connectivity index (χ4n) is 2.61. The Labute approximate surface area is 164 Å². The number of carbonyl (C=O) groups excluding carboxylic acids is 1. The quantitative estimate of drug-likeness (QED) is 0.687. The van der Waals surface area contributed by atoms with Gasteiger partial charge in [0.05, 0.1) is 26.2 Å². The molecule has 0 spiro atoms. The summed E-state index contributed by atoms with van der Waals surface area (Å²) >= 11 is 0. The Morgan fingerprint density at radius 2 is 1.71 bits per heavy atom. The van der Waals surface area contributed by atoms with Gasteiger partial charge in [-0.1, -0.05) is 0 Å². The van der Waals surface area contributed by atoms with E-state index >= 15 is 0 Å². The van der Waals surface area contributed by atoms with Crippen LogP contribution < -0.4 is 19.1 Å². The van der Waals surface area contributed by atoms with E-state index in [4.69, 9.17) is 9.47 Å². The number of methoxy groups -OCH3 is 2. The monoisotopic (exact) mass is 410 g/mol. The molecule has 0 bridgehead atoms. The lowest BCUT2D eigenvalue weighted by molar-refractivity contribution is -0.116. The SMILES string of the molecule is COc1ccc(NC(=O)CCCN(c2ccc(F)cc2)S(C)(=O)=O)cc1OC. The van der Waals surface area contributed by atoms with E-state index in [-0.39, 0.29) is 18.9 Å². The number of rotatable bonds is 9. The van der Waals surface area contributed by atoms with Gasteiger partial charge in [-0.05, 0) is 42.8 Å². The largest absolute Gasteiger partial charge is 0.493 e. The second-order valence-corrected chi connectivity index (χ2v) is 7.94. The van der Waals surface area contributed by atoms with E-state index in [2.05, 4.69) is 5.32 Å². The summed E-state index contributed by atoms with van der Waals surface area (Å²) in [6.45, 7) is 0.101. The second-order valence-electron chi connectivity index (χ2n) is 6.03. The van der Waals surface area contributed by atoms with Crippen LogP contribution in [0, 0.1) is 5.82 Å². The van der Waals surface area contributed by atoms with Crippen molar-refractivity contribution < 1.29 is 27.1 Å². The Kier molecular flexibility index (Phi) is 7.22. The van der Waals surface area contributed by atoms with Gasteiger partial charge >= 0.3 is 0 Å². The average Bonchev–Trinajstić information content (AvgIpc) is 2.65. The summed E-state index contributed by atoms with van der Waals surface area (Å²) in [6.07, 6.45) is 1.48. The first-order valence-corrected chi connectivity index (χ1v) is 10.3. The van der Waals surface area contributed by atoms with Gasteiger partial charge in [0.25, 0.3) is 0 Å². The molecule has 0 aliphatic rings. The minimum Gasteiger partial charge on any atom is -0.493 e. The van der Waals surface area contributed by atoms with Gasteiger partial charge in [0.2, 0.25) is 15.9 Å². The standard InChI is InChI=1S/C19H23FN2O5S/c1-26-17-11-8-15(13-18(17)27-2)21-19(23)5-4-12-22(28(3,24)25)16-9-6-14(20)7-10-16/h6-11,13H,4-5,12H2,1-3H3,(H,21,23). The van der Waals surface area contributed by atoms with E-state index in [9.17, 15) is 17.6 Å². The number of ether oxygens (including phenoxy) is 2. The number of anilines is 2. The van der Waals surface area contributed by atoms with Crippen LogP contribution >= 0.6 is 0 Å². The first-order chi connectivity index (χ1) is 13.2. The van der Waals surface area contributed by atoms with E-state index in [0.29, 0.717) is 29.3 Å². The predicted octanol–water partition coefficient (Wildman–Crippen LogP) is 3.03. The zero-order valence-electron chi connectivity index (χ0n) is 15.9. The Balaban J connectivity index is 1.96. The molecule has 1 N–H and O–H groups in total. The number of hydrogen-bond donors (Lipinski definition) is 1. The highest BCUT2D eigenvalue weighted by atomic mass is 32.2. The second kappa shape index (κ2) is 9.41. The van der Waals surface area contributed by atoms with Gasteiger partial charge in [0, 0.05) is 24.7 Å². The van der Waals surface area contributed by atoms with Gasteiger partial charge in [-0.3, -0.25) is 9.10 Å². The van der Waals surface area contributed by atoms with Gasteiger partial charge in [-0.25, -0.2) is 12.8 Å². The minimum absolute atomic E-state index is 0.101. The van der Waals surface area contributed by atoms with Gasteiger partial charge in [0.15, 0.2) is 11.5 Å². The van der Waals surface area contributed by atoms with Crippen molar-refractivity contribution in [3.05, 3.63) is 48.3 Å². The van der Waals surface area contributed by atoms with E-state index in [1.165, 1.54) is 38.5 Å². The van der Waals surface area contributed by atoms with Crippen molar-refractivity contribution in [3.8, 4) is 11.5 Å². The topological polar surface area (TPSA) is 84.9 Å². The van der Waals surface area contributed by atoms with E-state index in [1.54, 1.807) is 18.2 Å². The molecule has 9 heteroatoms. The number of carbonyl (C=O) groups is 1. The van der Waals surface area contributed by atoms with E-state index in [0.717, 1.165) is 10.6 Å². The molecule has 0 radical (unpaired) electrons. The molecule has 1 amide bonds. The summed E-state index contributed by atoms with van der Waals surface area (Å²) in [5.41, 5.74) is 0.894. The van der Waals surface area contributed by atoms with Crippen LogP contribution in [0.25, 0.3) is 0 Å². The van der Waals surface area contributed by atoms with Crippen molar-refractivity contribution >= 4 is 27.3 Å². The van der Waals surface area contributed by atoms with Crippen LogP contribution in [-0.4, -0.2) is 41.3 Å². The number of sulfonamides is 1. The molecule has 2 aromatic rings. The highest BCUT2D eigenvalue weighted by Crippen LogP contribution is 2.29. The van der Waals surface area contributed by atoms with Crippen molar-refractivity contribution in [2.75, 3.05) is 36.6 Å². The maximum atomic E-state index is 13.1. The summed E-state index contributed by atoms with van der Waals surface area (Å²) in [6, 6.07) is 10.2. The van der Waals surface area contributed by atoms with Crippen molar-refractivity contribution in [1.29, 1.82) is 0 Å². The summed E-state index contributed by atoms with van der Waals surface area (Å²) in [5, 5.41) is 2.74. The number of nitrogens with zero attached hydrogens (tertiary/aromatic N) is 1. The molecular weight excluding hydrogens is 387 g/mol. The molecule has 0 saturated heterocycles. The molecule has 0 atom stereocenters. The Bertz CT molecular complexity index is 916. The Hall–Kier alpha value is -2.81. The minimum atomic E-state index is -3.56. The highest BCUT2D eigenvalue weighted by Gasteiger charge is 2.17. The number of hydrogen-bond acceptors (Lipinski definition) is 5. The van der Waals surface area contributed by atoms with Crippen LogP contribution in [0.5, 0.6) is 11.5 Å². The maximum Gasteiger partial charge on any atom is 0.232 e. The highest BCUT2D eigenvalue weighted by molar-refractivity contribution is 7.92. The molecule has 2 rings (SSSR count). The van der Waals surface area contributed by atoms with Crippen molar-refractivity contribution in [3.63, 3.8) is 0 Å². The fourth-order valence-corrected chi connectivity index (χ4v) is 3.58. The predicted molar refractivity (Wildman–Crippen MR) is 106 cm³/mol. The van der Waals surface area contributed by atoms with Gasteiger partial charge in [0.1, 0.15) is 5.82 Å². The van der Waals surface area contributed by atoms with Crippen molar-refractivity contribution in [2.24, 2.45) is 0 Å². The number of halogens is 1. The Morgan fingerprint density at radius 3 is 2.29 bits per heavy atom. The molecular formula is C19H23FN2O5S. The molecule has 0 heterocycles. The molecule has 0 unspecified atom stereocenters. The molecule has 0 aromatic heterocycles. The molecule has 28 heavy (non-hydrogen) atoms. The molecule has 0 fully saturated rings. The number of nitrogens with one attached hydrogen (secondary N) is 1. The lowest BCUT2D eigenvalue weighted by atomic mass is 10.2. The van der Waals surface area contributed by atoms with Gasteiger partial charge < -0.3 is 14.8 Å². The first-order valence-electron chi connectivity index (χ1n) is 8.49. The normalized spacial score (nSPS) is 11.0.